The van der Waals surface area contributed by atoms with Gasteiger partial charge in [0.05, 0.1) is 0 Å². The fourth-order valence-corrected chi connectivity index (χ4v) is 2.70. The molecule has 1 fully saturated rings. The molecule has 2 amide bonds. The van der Waals surface area contributed by atoms with E-state index in [2.05, 4.69) is 5.32 Å². The van der Waals surface area contributed by atoms with E-state index in [4.69, 9.17) is 0 Å². The molecule has 1 N–H and O–H groups in total. The minimum Gasteiger partial charge on any atom is -0.349 e. The highest BCUT2D eigenvalue weighted by molar-refractivity contribution is 5.95. The van der Waals surface area contributed by atoms with E-state index in [1.165, 1.54) is 0 Å². The van der Waals surface area contributed by atoms with E-state index in [0.29, 0.717) is 0 Å². The third-order valence-corrected chi connectivity index (χ3v) is 4.03. The molecule has 1 heterocycles. The Morgan fingerprint density at radius 1 is 1.19 bits per heavy atom. The van der Waals surface area contributed by atoms with Crippen molar-refractivity contribution in [2.24, 2.45) is 5.92 Å². The molecule has 21 heavy (non-hydrogen) atoms. The standard InChI is InChI=1S/C17H24N2O2/c1-12(2)17(21)19-10-8-14(9-11-19)18-16(20)15-7-5-4-6-13(15)3/h4-7,12,14H,8-11H2,1-3H3,(H,18,20). The summed E-state index contributed by atoms with van der Waals surface area (Å²) >= 11 is 0. The van der Waals surface area contributed by atoms with Crippen LogP contribution in [0.5, 0.6) is 0 Å². The summed E-state index contributed by atoms with van der Waals surface area (Å²) in [6.07, 6.45) is 1.66. The lowest BCUT2D eigenvalue weighted by molar-refractivity contribution is -0.135. The van der Waals surface area contributed by atoms with Gasteiger partial charge in [-0.25, -0.2) is 0 Å². The summed E-state index contributed by atoms with van der Waals surface area (Å²) in [7, 11) is 0. The summed E-state index contributed by atoms with van der Waals surface area (Å²) in [4.78, 5) is 26.1. The van der Waals surface area contributed by atoms with Crippen LogP contribution in [0.3, 0.4) is 0 Å². The van der Waals surface area contributed by atoms with Crippen LogP contribution in [0, 0.1) is 12.8 Å². The van der Waals surface area contributed by atoms with Gasteiger partial charge in [-0.05, 0) is 31.4 Å². The van der Waals surface area contributed by atoms with Gasteiger partial charge in [-0.15, -0.1) is 0 Å². The zero-order chi connectivity index (χ0) is 15.4. The van der Waals surface area contributed by atoms with Gasteiger partial charge in [-0.3, -0.25) is 9.59 Å². The van der Waals surface area contributed by atoms with Crippen molar-refractivity contribution >= 4 is 11.8 Å². The fourth-order valence-electron chi connectivity index (χ4n) is 2.70. The van der Waals surface area contributed by atoms with Crippen molar-refractivity contribution in [2.75, 3.05) is 13.1 Å². The van der Waals surface area contributed by atoms with Crippen molar-refractivity contribution in [3.63, 3.8) is 0 Å². The minimum absolute atomic E-state index is 0.0123. The molecule has 0 radical (unpaired) electrons. The molecule has 4 heteroatoms. The first-order valence-corrected chi connectivity index (χ1v) is 7.64. The second kappa shape index (κ2) is 6.74. The average molecular weight is 288 g/mol. The molecular weight excluding hydrogens is 264 g/mol. The van der Waals surface area contributed by atoms with Crippen molar-refractivity contribution in [1.29, 1.82) is 0 Å². The van der Waals surface area contributed by atoms with Crippen LogP contribution in [0.1, 0.15) is 42.6 Å². The summed E-state index contributed by atoms with van der Waals surface area (Å²) in [6.45, 7) is 7.26. The maximum atomic E-state index is 12.3. The van der Waals surface area contributed by atoms with Gasteiger partial charge in [0, 0.05) is 30.6 Å². The van der Waals surface area contributed by atoms with Gasteiger partial charge in [0.15, 0.2) is 0 Å². The van der Waals surface area contributed by atoms with E-state index < -0.39 is 0 Å². The van der Waals surface area contributed by atoms with E-state index in [1.54, 1.807) is 0 Å². The van der Waals surface area contributed by atoms with Crippen LogP contribution in [-0.2, 0) is 4.79 Å². The van der Waals surface area contributed by atoms with Gasteiger partial charge in [-0.2, -0.15) is 0 Å². The first-order valence-electron chi connectivity index (χ1n) is 7.64. The molecule has 1 aliphatic rings. The van der Waals surface area contributed by atoms with Crippen molar-refractivity contribution in [2.45, 2.75) is 39.7 Å². The molecule has 0 aromatic heterocycles. The molecule has 0 saturated carbocycles. The molecule has 0 bridgehead atoms. The second-order valence-corrected chi connectivity index (χ2v) is 6.04. The normalized spacial score (nSPS) is 16.1. The first kappa shape index (κ1) is 15.5. The molecule has 2 rings (SSSR count). The molecule has 0 spiro atoms. The molecule has 1 aromatic rings. The highest BCUT2D eigenvalue weighted by Gasteiger charge is 2.25. The molecule has 1 aliphatic heterocycles. The Balaban J connectivity index is 1.88. The monoisotopic (exact) mass is 288 g/mol. The number of carbonyl (C=O) groups is 2. The molecule has 114 valence electrons. The lowest BCUT2D eigenvalue weighted by Crippen LogP contribution is -2.47. The number of benzene rings is 1. The zero-order valence-electron chi connectivity index (χ0n) is 13.1. The number of carbonyl (C=O) groups excluding carboxylic acids is 2. The number of likely N-dealkylation sites (tertiary alicyclic amines) is 1. The van der Waals surface area contributed by atoms with E-state index in [1.807, 2.05) is 49.9 Å². The Labute approximate surface area is 126 Å². The maximum Gasteiger partial charge on any atom is 0.251 e. The third kappa shape index (κ3) is 3.84. The third-order valence-electron chi connectivity index (χ3n) is 4.03. The predicted octanol–water partition coefficient (Wildman–Crippen LogP) is 2.37. The number of aryl methyl sites for hydroxylation is 1. The highest BCUT2D eigenvalue weighted by atomic mass is 16.2. The fraction of sp³-hybridized carbons (Fsp3) is 0.529. The Bertz CT molecular complexity index is 517. The topological polar surface area (TPSA) is 49.4 Å². The summed E-state index contributed by atoms with van der Waals surface area (Å²) in [5, 5.41) is 3.09. The average Bonchev–Trinajstić information content (AvgIpc) is 2.47. The van der Waals surface area contributed by atoms with Gasteiger partial charge in [0.2, 0.25) is 5.91 Å². The van der Waals surface area contributed by atoms with Crippen LogP contribution in [-0.4, -0.2) is 35.8 Å². The zero-order valence-corrected chi connectivity index (χ0v) is 13.1. The number of nitrogens with one attached hydrogen (secondary N) is 1. The Kier molecular flexibility index (Phi) is 4.99. The van der Waals surface area contributed by atoms with Crippen molar-refractivity contribution in [3.05, 3.63) is 35.4 Å². The predicted molar refractivity (Wildman–Crippen MR) is 83.1 cm³/mol. The molecule has 1 aromatic carbocycles. The SMILES string of the molecule is Cc1ccccc1C(=O)NC1CCN(C(=O)C(C)C)CC1. The van der Waals surface area contributed by atoms with Crippen LogP contribution in [0.2, 0.25) is 0 Å². The quantitative estimate of drug-likeness (QED) is 0.928. The van der Waals surface area contributed by atoms with Crippen LogP contribution < -0.4 is 5.32 Å². The van der Waals surface area contributed by atoms with Gasteiger partial charge in [0.1, 0.15) is 0 Å². The van der Waals surface area contributed by atoms with E-state index in [0.717, 1.165) is 37.1 Å². The summed E-state index contributed by atoms with van der Waals surface area (Å²) in [5.41, 5.74) is 1.72. The van der Waals surface area contributed by atoms with Gasteiger partial charge in [-0.1, -0.05) is 32.0 Å². The van der Waals surface area contributed by atoms with Crippen LogP contribution in [0.25, 0.3) is 0 Å². The number of amides is 2. The highest BCUT2D eigenvalue weighted by Crippen LogP contribution is 2.14. The first-order chi connectivity index (χ1) is 9.99. The van der Waals surface area contributed by atoms with Gasteiger partial charge in [0.25, 0.3) is 5.91 Å². The lowest BCUT2D eigenvalue weighted by Gasteiger charge is -2.33. The molecule has 0 aliphatic carbocycles. The number of piperidine rings is 1. The Morgan fingerprint density at radius 2 is 1.81 bits per heavy atom. The van der Waals surface area contributed by atoms with Crippen molar-refractivity contribution < 1.29 is 9.59 Å². The van der Waals surface area contributed by atoms with E-state index in [-0.39, 0.29) is 23.8 Å². The Morgan fingerprint density at radius 3 is 2.38 bits per heavy atom. The van der Waals surface area contributed by atoms with Gasteiger partial charge < -0.3 is 10.2 Å². The molecular formula is C17H24N2O2. The van der Waals surface area contributed by atoms with Crippen LogP contribution in [0.4, 0.5) is 0 Å². The summed E-state index contributed by atoms with van der Waals surface area (Å²) in [6, 6.07) is 7.77. The minimum atomic E-state index is -0.0123. The van der Waals surface area contributed by atoms with Crippen LogP contribution >= 0.6 is 0 Å². The molecule has 0 atom stereocenters. The van der Waals surface area contributed by atoms with E-state index >= 15 is 0 Å². The lowest BCUT2D eigenvalue weighted by atomic mass is 10.0. The largest absolute Gasteiger partial charge is 0.349 e. The molecule has 0 unspecified atom stereocenters. The Hall–Kier alpha value is -1.84. The van der Waals surface area contributed by atoms with Crippen molar-refractivity contribution in [3.8, 4) is 0 Å². The van der Waals surface area contributed by atoms with E-state index in [9.17, 15) is 9.59 Å². The van der Waals surface area contributed by atoms with Crippen molar-refractivity contribution in [1.82, 2.24) is 10.2 Å². The van der Waals surface area contributed by atoms with Gasteiger partial charge >= 0.3 is 0 Å². The molecule has 4 nitrogen and oxygen atoms in total. The second-order valence-electron chi connectivity index (χ2n) is 6.04. The maximum absolute atomic E-state index is 12.3. The summed E-state index contributed by atoms with van der Waals surface area (Å²) < 4.78 is 0. The smallest absolute Gasteiger partial charge is 0.251 e. The summed E-state index contributed by atoms with van der Waals surface area (Å²) in [5.74, 6) is 0.239. The molecule has 1 saturated heterocycles. The number of hydrogen-bond acceptors (Lipinski definition) is 2. The number of hydrogen-bond donors (Lipinski definition) is 1. The number of nitrogens with zero attached hydrogens (tertiary/aromatic N) is 1. The van der Waals surface area contributed by atoms with Crippen LogP contribution in [0.15, 0.2) is 24.3 Å². The number of rotatable bonds is 3.